The maximum atomic E-state index is 4.64. The Morgan fingerprint density at radius 1 is 0.941 bits per heavy atom. The molecule has 0 spiro atoms. The van der Waals surface area contributed by atoms with E-state index in [4.69, 9.17) is 0 Å². The third-order valence-corrected chi connectivity index (χ3v) is 3.14. The van der Waals surface area contributed by atoms with Gasteiger partial charge in [-0.25, -0.2) is 0 Å². The molecule has 2 aromatic carbocycles. The minimum atomic E-state index is -0.365. The molecule has 2 heteroatoms. The van der Waals surface area contributed by atoms with Gasteiger partial charge >= 0.3 is 0 Å². The Kier molecular flexibility index (Phi) is 2.22. The van der Waals surface area contributed by atoms with Gasteiger partial charge in [-0.2, -0.15) is 0 Å². The van der Waals surface area contributed by atoms with Crippen molar-refractivity contribution in [3.8, 4) is 0 Å². The molecule has 84 valence electrons. The van der Waals surface area contributed by atoms with Gasteiger partial charge in [-0.3, -0.25) is 4.99 Å². The molecular formula is C15H14N2. The summed E-state index contributed by atoms with van der Waals surface area (Å²) >= 11 is 0. The summed E-state index contributed by atoms with van der Waals surface area (Å²) in [5.74, 6) is 0. The van der Waals surface area contributed by atoms with E-state index in [1.807, 2.05) is 36.5 Å². The standard InChI is InChI=1S/C15H14N2/c1-15(13-8-3-2-4-9-13)16-11-12-7-5-6-10-14(12)17-15/h2-11,17H,1H3. The van der Waals surface area contributed by atoms with Gasteiger partial charge in [0, 0.05) is 17.5 Å². The second-order valence-electron chi connectivity index (χ2n) is 4.41. The highest BCUT2D eigenvalue weighted by atomic mass is 15.1. The third-order valence-electron chi connectivity index (χ3n) is 3.14. The zero-order valence-electron chi connectivity index (χ0n) is 9.72. The maximum absolute atomic E-state index is 4.64. The van der Waals surface area contributed by atoms with Gasteiger partial charge in [0.25, 0.3) is 0 Å². The van der Waals surface area contributed by atoms with Gasteiger partial charge in [0.1, 0.15) is 0 Å². The molecule has 1 N–H and O–H groups in total. The van der Waals surface area contributed by atoms with Crippen LogP contribution < -0.4 is 5.32 Å². The zero-order valence-corrected chi connectivity index (χ0v) is 9.72. The fourth-order valence-corrected chi connectivity index (χ4v) is 2.13. The van der Waals surface area contributed by atoms with Crippen LogP contribution in [-0.4, -0.2) is 6.21 Å². The van der Waals surface area contributed by atoms with E-state index >= 15 is 0 Å². The second kappa shape index (κ2) is 3.74. The molecule has 0 aromatic heterocycles. The molecule has 1 aliphatic rings. The van der Waals surface area contributed by atoms with Crippen molar-refractivity contribution in [2.45, 2.75) is 12.6 Å². The second-order valence-corrected chi connectivity index (χ2v) is 4.41. The Labute approximate surface area is 101 Å². The van der Waals surface area contributed by atoms with Gasteiger partial charge in [0.2, 0.25) is 0 Å². The number of benzene rings is 2. The normalized spacial score (nSPS) is 21.7. The molecule has 0 saturated heterocycles. The molecule has 1 heterocycles. The van der Waals surface area contributed by atoms with E-state index in [2.05, 4.69) is 41.5 Å². The first-order chi connectivity index (χ1) is 8.28. The predicted molar refractivity (Wildman–Crippen MR) is 71.5 cm³/mol. The summed E-state index contributed by atoms with van der Waals surface area (Å²) in [6, 6.07) is 18.5. The predicted octanol–water partition coefficient (Wildman–Crippen LogP) is 3.40. The lowest BCUT2D eigenvalue weighted by Crippen LogP contribution is -2.32. The molecule has 0 aliphatic carbocycles. The highest BCUT2D eigenvalue weighted by Crippen LogP contribution is 2.31. The fraction of sp³-hybridized carbons (Fsp3) is 0.133. The average Bonchev–Trinajstić information content (AvgIpc) is 2.40. The first kappa shape index (κ1) is 10.1. The summed E-state index contributed by atoms with van der Waals surface area (Å²) in [7, 11) is 0. The molecule has 0 radical (unpaired) electrons. The highest BCUT2D eigenvalue weighted by Gasteiger charge is 2.27. The van der Waals surface area contributed by atoms with Crippen LogP contribution >= 0.6 is 0 Å². The molecule has 0 amide bonds. The molecule has 3 rings (SSSR count). The molecule has 2 nitrogen and oxygen atoms in total. The Morgan fingerprint density at radius 2 is 1.65 bits per heavy atom. The van der Waals surface area contributed by atoms with Crippen LogP contribution in [0.3, 0.4) is 0 Å². The first-order valence-electron chi connectivity index (χ1n) is 5.76. The van der Waals surface area contributed by atoms with Crippen LogP contribution in [0.5, 0.6) is 0 Å². The summed E-state index contributed by atoms with van der Waals surface area (Å²) in [6.45, 7) is 2.09. The number of hydrogen-bond acceptors (Lipinski definition) is 2. The Morgan fingerprint density at radius 3 is 2.47 bits per heavy atom. The van der Waals surface area contributed by atoms with E-state index in [1.165, 1.54) is 5.56 Å². The van der Waals surface area contributed by atoms with Crippen molar-refractivity contribution < 1.29 is 0 Å². The lowest BCUT2D eigenvalue weighted by Gasteiger charge is -2.32. The van der Waals surface area contributed by atoms with E-state index in [0.717, 1.165) is 11.3 Å². The summed E-state index contributed by atoms with van der Waals surface area (Å²) < 4.78 is 0. The largest absolute Gasteiger partial charge is 0.357 e. The third kappa shape index (κ3) is 1.72. The molecule has 0 fully saturated rings. The number of aliphatic imine (C=N–C) groups is 1. The number of anilines is 1. The van der Waals surface area contributed by atoms with Crippen molar-refractivity contribution in [1.29, 1.82) is 0 Å². The number of nitrogens with one attached hydrogen (secondary N) is 1. The monoisotopic (exact) mass is 222 g/mol. The van der Waals surface area contributed by atoms with Gasteiger partial charge in [0.05, 0.1) is 0 Å². The molecule has 1 aliphatic heterocycles. The number of para-hydroxylation sites is 1. The van der Waals surface area contributed by atoms with E-state index in [1.54, 1.807) is 0 Å². The summed E-state index contributed by atoms with van der Waals surface area (Å²) in [6.07, 6.45) is 1.94. The summed E-state index contributed by atoms with van der Waals surface area (Å²) in [4.78, 5) is 4.64. The van der Waals surface area contributed by atoms with Gasteiger partial charge in [-0.1, -0.05) is 48.5 Å². The Hall–Kier alpha value is -2.09. The molecule has 0 saturated carbocycles. The quantitative estimate of drug-likeness (QED) is 0.785. The Balaban J connectivity index is 2.04. The number of nitrogens with zero attached hydrogens (tertiary/aromatic N) is 1. The first-order valence-corrected chi connectivity index (χ1v) is 5.76. The van der Waals surface area contributed by atoms with Crippen molar-refractivity contribution in [1.82, 2.24) is 0 Å². The average molecular weight is 222 g/mol. The summed E-state index contributed by atoms with van der Waals surface area (Å²) in [5.41, 5.74) is 3.08. The van der Waals surface area contributed by atoms with Gasteiger partial charge in [-0.15, -0.1) is 0 Å². The van der Waals surface area contributed by atoms with E-state index in [9.17, 15) is 0 Å². The minimum absolute atomic E-state index is 0.365. The van der Waals surface area contributed by atoms with Crippen LogP contribution in [0, 0.1) is 0 Å². The molecular weight excluding hydrogens is 208 g/mol. The van der Waals surface area contributed by atoms with Crippen LogP contribution in [-0.2, 0) is 5.66 Å². The van der Waals surface area contributed by atoms with Gasteiger partial charge in [0.15, 0.2) is 5.66 Å². The topological polar surface area (TPSA) is 24.4 Å². The molecule has 1 atom stereocenters. The lowest BCUT2D eigenvalue weighted by molar-refractivity contribution is 0.575. The Bertz CT molecular complexity index is 560. The lowest BCUT2D eigenvalue weighted by atomic mass is 9.99. The van der Waals surface area contributed by atoms with Crippen molar-refractivity contribution >= 4 is 11.9 Å². The number of rotatable bonds is 1. The van der Waals surface area contributed by atoms with Crippen molar-refractivity contribution in [3.63, 3.8) is 0 Å². The van der Waals surface area contributed by atoms with E-state index in [0.29, 0.717) is 0 Å². The molecule has 1 unspecified atom stereocenters. The molecule has 2 aromatic rings. The zero-order chi connectivity index (χ0) is 11.7. The van der Waals surface area contributed by atoms with E-state index < -0.39 is 0 Å². The van der Waals surface area contributed by atoms with Crippen LogP contribution in [0.4, 0.5) is 5.69 Å². The smallest absolute Gasteiger partial charge is 0.152 e. The van der Waals surface area contributed by atoms with Crippen molar-refractivity contribution in [2.75, 3.05) is 5.32 Å². The number of hydrogen-bond donors (Lipinski definition) is 1. The van der Waals surface area contributed by atoms with Crippen molar-refractivity contribution in [2.24, 2.45) is 4.99 Å². The van der Waals surface area contributed by atoms with E-state index in [-0.39, 0.29) is 5.66 Å². The number of fused-ring (bicyclic) bond motifs is 1. The minimum Gasteiger partial charge on any atom is -0.357 e. The van der Waals surface area contributed by atoms with Gasteiger partial charge < -0.3 is 5.32 Å². The van der Waals surface area contributed by atoms with Crippen LogP contribution in [0.25, 0.3) is 0 Å². The van der Waals surface area contributed by atoms with Crippen LogP contribution in [0.2, 0.25) is 0 Å². The molecule has 0 bridgehead atoms. The summed E-state index contributed by atoms with van der Waals surface area (Å²) in [5, 5.41) is 3.49. The van der Waals surface area contributed by atoms with Crippen molar-refractivity contribution in [3.05, 3.63) is 65.7 Å². The van der Waals surface area contributed by atoms with Crippen LogP contribution in [0.1, 0.15) is 18.1 Å². The maximum Gasteiger partial charge on any atom is 0.152 e. The van der Waals surface area contributed by atoms with Gasteiger partial charge in [-0.05, 0) is 18.6 Å². The highest BCUT2D eigenvalue weighted by molar-refractivity contribution is 5.90. The SMILES string of the molecule is CC1(c2ccccc2)N=Cc2ccccc2N1. The fourth-order valence-electron chi connectivity index (χ4n) is 2.13. The van der Waals surface area contributed by atoms with Crippen LogP contribution in [0.15, 0.2) is 59.6 Å². The molecule has 17 heavy (non-hydrogen) atoms.